The van der Waals surface area contributed by atoms with Crippen LogP contribution in [0.4, 0.5) is 0 Å². The van der Waals surface area contributed by atoms with E-state index in [1.54, 1.807) is 14.2 Å². The van der Waals surface area contributed by atoms with E-state index >= 15 is 0 Å². The first-order chi connectivity index (χ1) is 14.6. The summed E-state index contributed by atoms with van der Waals surface area (Å²) in [5.74, 6) is 1.76. The number of benzene rings is 3. The van der Waals surface area contributed by atoms with E-state index in [1.165, 1.54) is 4.90 Å². The fourth-order valence-corrected chi connectivity index (χ4v) is 4.68. The molecule has 1 saturated heterocycles. The van der Waals surface area contributed by atoms with Gasteiger partial charge >= 0.3 is 0 Å². The molecule has 4 rings (SSSR count). The van der Waals surface area contributed by atoms with Crippen molar-refractivity contribution in [2.45, 2.75) is 24.4 Å². The SMILES string of the molecule is COc1ccc([C@@H]2CC(=O)[C@H](c3ccccc3)[C@H](c3ccc(OC)cc3)[NH+]2C)cc1. The highest BCUT2D eigenvalue weighted by Gasteiger charge is 2.46. The van der Waals surface area contributed by atoms with Crippen LogP contribution in [0.2, 0.25) is 0 Å². The maximum atomic E-state index is 13.5. The molecule has 0 aliphatic carbocycles. The van der Waals surface area contributed by atoms with Crippen LogP contribution in [0.1, 0.15) is 41.1 Å². The molecular formula is C26H28NO3+. The molecule has 4 nitrogen and oxygen atoms in total. The number of Topliss-reactive ketones (excluding diaryl/α,β-unsaturated/α-hetero) is 1. The van der Waals surface area contributed by atoms with Crippen molar-refractivity contribution in [1.82, 2.24) is 0 Å². The van der Waals surface area contributed by atoms with Crippen LogP contribution >= 0.6 is 0 Å². The monoisotopic (exact) mass is 402 g/mol. The van der Waals surface area contributed by atoms with E-state index in [0.717, 1.165) is 28.2 Å². The number of ether oxygens (including phenoxy) is 2. The lowest BCUT2D eigenvalue weighted by Crippen LogP contribution is -3.11. The van der Waals surface area contributed by atoms with E-state index in [0.29, 0.717) is 6.42 Å². The molecule has 1 aliphatic rings. The number of nitrogens with one attached hydrogen (secondary N) is 1. The van der Waals surface area contributed by atoms with Gasteiger partial charge in [0.2, 0.25) is 0 Å². The Morgan fingerprint density at radius 3 is 1.80 bits per heavy atom. The lowest BCUT2D eigenvalue weighted by atomic mass is 9.76. The number of carbonyl (C=O) groups is 1. The number of hydrogen-bond donors (Lipinski definition) is 1. The van der Waals surface area contributed by atoms with E-state index in [2.05, 4.69) is 43.4 Å². The molecule has 1 aliphatic heterocycles. The van der Waals surface area contributed by atoms with Crippen molar-refractivity contribution < 1.29 is 19.2 Å². The van der Waals surface area contributed by atoms with E-state index in [4.69, 9.17) is 9.47 Å². The third-order valence-electron chi connectivity index (χ3n) is 6.28. The average Bonchev–Trinajstić information content (AvgIpc) is 2.81. The molecule has 3 aromatic carbocycles. The molecule has 0 saturated carbocycles. The summed E-state index contributed by atoms with van der Waals surface area (Å²) in [5, 5.41) is 0. The standard InChI is InChI=1S/C26H27NO3/c1-27-23(18-9-13-21(29-2)14-10-18)17-24(28)25(19-7-5-4-6-8-19)26(27)20-11-15-22(30-3)16-12-20/h4-16,23,25-26H,17H2,1-3H3/p+1/t23-,25-,26-/m0/s1. The second kappa shape index (κ2) is 8.72. The number of carbonyl (C=O) groups excluding carboxylic acids is 1. The number of quaternary nitrogens is 1. The molecular weight excluding hydrogens is 374 g/mol. The topological polar surface area (TPSA) is 40.0 Å². The smallest absolute Gasteiger partial charge is 0.153 e. The van der Waals surface area contributed by atoms with Gasteiger partial charge in [-0.2, -0.15) is 0 Å². The number of likely N-dealkylation sites (N-methyl/N-ethyl adjacent to an activating group) is 1. The first-order valence-electron chi connectivity index (χ1n) is 10.3. The Morgan fingerprint density at radius 1 is 0.733 bits per heavy atom. The molecule has 154 valence electrons. The van der Waals surface area contributed by atoms with Crippen molar-refractivity contribution in [2.24, 2.45) is 0 Å². The summed E-state index contributed by atoms with van der Waals surface area (Å²) in [6.07, 6.45) is 0.518. The maximum absolute atomic E-state index is 13.5. The molecule has 0 spiro atoms. The Balaban J connectivity index is 1.76. The van der Waals surface area contributed by atoms with Crippen LogP contribution in [0, 0.1) is 0 Å². The first kappa shape index (κ1) is 20.2. The number of methoxy groups -OCH3 is 2. The highest BCUT2D eigenvalue weighted by Crippen LogP contribution is 2.37. The Kier molecular flexibility index (Phi) is 5.86. The van der Waals surface area contributed by atoms with Crippen LogP contribution in [0.3, 0.4) is 0 Å². The highest BCUT2D eigenvalue weighted by molar-refractivity contribution is 5.87. The van der Waals surface area contributed by atoms with Gasteiger partial charge in [0.05, 0.1) is 33.6 Å². The van der Waals surface area contributed by atoms with Crippen molar-refractivity contribution in [1.29, 1.82) is 0 Å². The second-order valence-electron chi connectivity index (χ2n) is 7.88. The number of piperidine rings is 1. The number of hydrogen-bond acceptors (Lipinski definition) is 3. The highest BCUT2D eigenvalue weighted by atomic mass is 16.5. The van der Waals surface area contributed by atoms with E-state index in [-0.39, 0.29) is 23.8 Å². The van der Waals surface area contributed by atoms with Gasteiger partial charge in [0.25, 0.3) is 0 Å². The molecule has 4 heteroatoms. The van der Waals surface area contributed by atoms with Gasteiger partial charge < -0.3 is 14.4 Å². The minimum atomic E-state index is -0.172. The zero-order valence-electron chi connectivity index (χ0n) is 17.7. The Hall–Kier alpha value is -3.11. The summed E-state index contributed by atoms with van der Waals surface area (Å²) in [7, 11) is 5.54. The van der Waals surface area contributed by atoms with Gasteiger partial charge in [0.1, 0.15) is 23.6 Å². The molecule has 30 heavy (non-hydrogen) atoms. The van der Waals surface area contributed by atoms with E-state index < -0.39 is 0 Å². The van der Waals surface area contributed by atoms with Crippen LogP contribution in [-0.4, -0.2) is 27.1 Å². The van der Waals surface area contributed by atoms with Gasteiger partial charge in [0.15, 0.2) is 5.78 Å². The fraction of sp³-hybridized carbons (Fsp3) is 0.269. The average molecular weight is 403 g/mol. The van der Waals surface area contributed by atoms with Gasteiger partial charge in [-0.1, -0.05) is 30.3 Å². The van der Waals surface area contributed by atoms with Gasteiger partial charge in [-0.15, -0.1) is 0 Å². The molecule has 3 aromatic rings. The molecule has 0 aromatic heterocycles. The Bertz CT molecular complexity index is 983. The Labute approximate surface area is 178 Å². The molecule has 1 heterocycles. The molecule has 1 fully saturated rings. The van der Waals surface area contributed by atoms with Gasteiger partial charge in [-0.05, 0) is 54.1 Å². The molecule has 1 N–H and O–H groups in total. The summed E-state index contributed by atoms with van der Waals surface area (Å²) < 4.78 is 10.6. The van der Waals surface area contributed by atoms with Crippen molar-refractivity contribution in [3.8, 4) is 11.5 Å². The molecule has 4 atom stereocenters. The zero-order valence-corrected chi connectivity index (χ0v) is 17.7. The van der Waals surface area contributed by atoms with Gasteiger partial charge in [-0.25, -0.2) is 0 Å². The summed E-state index contributed by atoms with van der Waals surface area (Å²) >= 11 is 0. The van der Waals surface area contributed by atoms with Gasteiger partial charge in [-0.3, -0.25) is 4.79 Å². The van der Waals surface area contributed by atoms with Crippen LogP contribution < -0.4 is 14.4 Å². The zero-order chi connectivity index (χ0) is 21.1. The van der Waals surface area contributed by atoms with Crippen molar-refractivity contribution in [2.75, 3.05) is 21.3 Å². The third kappa shape index (κ3) is 3.83. The molecule has 0 radical (unpaired) electrons. The van der Waals surface area contributed by atoms with Crippen LogP contribution in [0.15, 0.2) is 78.9 Å². The minimum absolute atomic E-state index is 0.0201. The Morgan fingerprint density at radius 2 is 1.27 bits per heavy atom. The van der Waals surface area contributed by atoms with Crippen molar-refractivity contribution >= 4 is 5.78 Å². The third-order valence-corrected chi connectivity index (χ3v) is 6.28. The maximum Gasteiger partial charge on any atom is 0.153 e. The number of rotatable bonds is 5. The predicted octanol–water partition coefficient (Wildman–Crippen LogP) is 3.76. The van der Waals surface area contributed by atoms with Crippen LogP contribution in [-0.2, 0) is 4.79 Å². The summed E-state index contributed by atoms with van der Waals surface area (Å²) in [4.78, 5) is 14.8. The van der Waals surface area contributed by atoms with Crippen LogP contribution in [0.5, 0.6) is 11.5 Å². The molecule has 0 bridgehead atoms. The lowest BCUT2D eigenvalue weighted by Gasteiger charge is -2.41. The molecule has 1 unspecified atom stereocenters. The normalized spacial score (nSPS) is 23.8. The van der Waals surface area contributed by atoms with E-state index in [1.807, 2.05) is 42.5 Å². The van der Waals surface area contributed by atoms with Crippen LogP contribution in [0.25, 0.3) is 0 Å². The van der Waals surface area contributed by atoms with E-state index in [9.17, 15) is 4.79 Å². The fourth-order valence-electron chi connectivity index (χ4n) is 4.68. The van der Waals surface area contributed by atoms with Gasteiger partial charge in [0, 0.05) is 11.1 Å². The minimum Gasteiger partial charge on any atom is -0.497 e. The summed E-state index contributed by atoms with van der Waals surface area (Å²) in [6, 6.07) is 26.5. The van der Waals surface area contributed by atoms with Crippen molar-refractivity contribution in [3.05, 3.63) is 95.6 Å². The van der Waals surface area contributed by atoms with Crippen molar-refractivity contribution in [3.63, 3.8) is 0 Å². The summed E-state index contributed by atoms with van der Waals surface area (Å²) in [6.45, 7) is 0. The quantitative estimate of drug-likeness (QED) is 0.706. The predicted molar refractivity (Wildman–Crippen MR) is 117 cm³/mol. The molecule has 0 amide bonds. The number of ketones is 1. The number of likely N-dealkylation sites (tertiary alicyclic amines) is 1. The second-order valence-corrected chi connectivity index (χ2v) is 7.88. The largest absolute Gasteiger partial charge is 0.497 e. The summed E-state index contributed by atoms with van der Waals surface area (Å²) in [5.41, 5.74) is 3.39. The first-order valence-corrected chi connectivity index (χ1v) is 10.3. The lowest BCUT2D eigenvalue weighted by molar-refractivity contribution is -0.947.